The molecule has 2 heterocycles. The standard InChI is InChI=1S/C11H12ClN3OS/c1-6-8(5-13-15-6)11(16)14-7(2)9-3-4-10(12)17-9/h3-5,7H,1-2H3,(H,13,15)(H,14,16). The summed E-state index contributed by atoms with van der Waals surface area (Å²) in [6.07, 6.45) is 1.53. The molecule has 1 atom stereocenters. The lowest BCUT2D eigenvalue weighted by molar-refractivity contribution is 0.0940. The molecule has 2 aromatic rings. The summed E-state index contributed by atoms with van der Waals surface area (Å²) in [7, 11) is 0. The number of hydrogen-bond acceptors (Lipinski definition) is 3. The molecule has 0 saturated heterocycles. The van der Waals surface area contributed by atoms with E-state index >= 15 is 0 Å². The fourth-order valence-electron chi connectivity index (χ4n) is 1.49. The Hall–Kier alpha value is -1.33. The molecule has 90 valence electrons. The van der Waals surface area contributed by atoms with E-state index in [1.54, 1.807) is 0 Å². The Kier molecular flexibility index (Phi) is 3.49. The van der Waals surface area contributed by atoms with E-state index in [1.807, 2.05) is 26.0 Å². The topological polar surface area (TPSA) is 57.8 Å². The van der Waals surface area contributed by atoms with Gasteiger partial charge in [0.2, 0.25) is 0 Å². The van der Waals surface area contributed by atoms with E-state index in [0.717, 1.165) is 14.9 Å². The molecule has 0 aliphatic carbocycles. The Morgan fingerprint density at radius 1 is 1.59 bits per heavy atom. The minimum Gasteiger partial charge on any atom is -0.345 e. The van der Waals surface area contributed by atoms with Crippen molar-refractivity contribution >= 4 is 28.8 Å². The molecule has 0 spiro atoms. The second-order valence-electron chi connectivity index (χ2n) is 3.75. The van der Waals surface area contributed by atoms with Crippen molar-refractivity contribution in [3.8, 4) is 0 Å². The van der Waals surface area contributed by atoms with Gasteiger partial charge in [-0.3, -0.25) is 9.89 Å². The molecule has 0 bridgehead atoms. The maximum atomic E-state index is 11.9. The summed E-state index contributed by atoms with van der Waals surface area (Å²) in [4.78, 5) is 12.9. The Bertz CT molecular complexity index is 534. The van der Waals surface area contributed by atoms with Crippen LogP contribution in [0.2, 0.25) is 4.34 Å². The number of hydrogen-bond donors (Lipinski definition) is 2. The van der Waals surface area contributed by atoms with Gasteiger partial charge in [-0.05, 0) is 26.0 Å². The van der Waals surface area contributed by atoms with Crippen LogP contribution < -0.4 is 5.32 Å². The lowest BCUT2D eigenvalue weighted by Crippen LogP contribution is -2.26. The van der Waals surface area contributed by atoms with Crippen LogP contribution in [0.1, 0.15) is 33.9 Å². The number of carbonyl (C=O) groups is 1. The van der Waals surface area contributed by atoms with E-state index in [9.17, 15) is 4.79 Å². The van der Waals surface area contributed by atoms with Gasteiger partial charge in [0.15, 0.2) is 0 Å². The van der Waals surface area contributed by atoms with Crippen LogP contribution in [0.15, 0.2) is 18.3 Å². The van der Waals surface area contributed by atoms with Gasteiger partial charge in [0.1, 0.15) is 0 Å². The van der Waals surface area contributed by atoms with E-state index in [2.05, 4.69) is 15.5 Å². The summed E-state index contributed by atoms with van der Waals surface area (Å²) < 4.78 is 0.723. The van der Waals surface area contributed by atoms with Crippen molar-refractivity contribution in [1.82, 2.24) is 15.5 Å². The first-order chi connectivity index (χ1) is 8.08. The summed E-state index contributed by atoms with van der Waals surface area (Å²) in [5.74, 6) is -0.131. The van der Waals surface area contributed by atoms with Crippen molar-refractivity contribution in [2.24, 2.45) is 0 Å². The van der Waals surface area contributed by atoms with Crippen LogP contribution in [0.25, 0.3) is 0 Å². The summed E-state index contributed by atoms with van der Waals surface area (Å²) in [6, 6.07) is 3.68. The van der Waals surface area contributed by atoms with Crippen molar-refractivity contribution in [2.75, 3.05) is 0 Å². The van der Waals surface area contributed by atoms with E-state index in [0.29, 0.717) is 5.56 Å². The highest BCUT2D eigenvalue weighted by atomic mass is 35.5. The lowest BCUT2D eigenvalue weighted by atomic mass is 10.2. The van der Waals surface area contributed by atoms with Crippen LogP contribution in [-0.2, 0) is 0 Å². The number of carbonyl (C=O) groups excluding carboxylic acids is 1. The van der Waals surface area contributed by atoms with Gasteiger partial charge in [0, 0.05) is 10.6 Å². The smallest absolute Gasteiger partial charge is 0.255 e. The number of aryl methyl sites for hydroxylation is 1. The molecule has 0 fully saturated rings. The molecule has 1 unspecified atom stereocenters. The van der Waals surface area contributed by atoms with Crippen molar-refractivity contribution in [2.45, 2.75) is 19.9 Å². The van der Waals surface area contributed by atoms with Crippen molar-refractivity contribution < 1.29 is 4.79 Å². The van der Waals surface area contributed by atoms with Crippen LogP contribution >= 0.6 is 22.9 Å². The number of aromatic nitrogens is 2. The SMILES string of the molecule is Cc1[nH]ncc1C(=O)NC(C)c1ccc(Cl)s1. The fourth-order valence-corrected chi connectivity index (χ4v) is 2.55. The van der Waals surface area contributed by atoms with Gasteiger partial charge in [-0.15, -0.1) is 11.3 Å². The van der Waals surface area contributed by atoms with Gasteiger partial charge >= 0.3 is 0 Å². The molecule has 0 aliphatic rings. The van der Waals surface area contributed by atoms with Crippen LogP contribution in [0, 0.1) is 6.92 Å². The maximum absolute atomic E-state index is 11.9. The number of thiophene rings is 1. The van der Waals surface area contributed by atoms with E-state index < -0.39 is 0 Å². The summed E-state index contributed by atoms with van der Waals surface area (Å²) in [5, 5.41) is 9.47. The molecule has 6 heteroatoms. The molecule has 0 aromatic carbocycles. The zero-order valence-electron chi connectivity index (χ0n) is 9.45. The molecule has 4 nitrogen and oxygen atoms in total. The average molecular weight is 270 g/mol. The van der Waals surface area contributed by atoms with Gasteiger partial charge in [-0.25, -0.2) is 0 Å². The number of halogens is 1. The molecule has 2 N–H and O–H groups in total. The number of nitrogens with zero attached hydrogens (tertiary/aromatic N) is 1. The normalized spacial score (nSPS) is 12.4. The zero-order valence-corrected chi connectivity index (χ0v) is 11.0. The molecule has 0 radical (unpaired) electrons. The van der Waals surface area contributed by atoms with Crippen molar-refractivity contribution in [1.29, 1.82) is 0 Å². The van der Waals surface area contributed by atoms with Crippen LogP contribution in [0.5, 0.6) is 0 Å². The summed E-state index contributed by atoms with van der Waals surface area (Å²) >= 11 is 7.32. The molecule has 1 amide bonds. The molecule has 17 heavy (non-hydrogen) atoms. The van der Waals surface area contributed by atoms with Crippen LogP contribution in [0.3, 0.4) is 0 Å². The highest BCUT2D eigenvalue weighted by molar-refractivity contribution is 7.16. The number of aromatic amines is 1. The predicted octanol–water partition coefficient (Wildman–Crippen LogP) is 2.92. The Morgan fingerprint density at radius 2 is 2.35 bits per heavy atom. The highest BCUT2D eigenvalue weighted by Gasteiger charge is 2.15. The Morgan fingerprint density at radius 3 is 2.88 bits per heavy atom. The molecule has 2 rings (SSSR count). The number of rotatable bonds is 3. The number of H-pyrrole nitrogens is 1. The second kappa shape index (κ2) is 4.89. The number of nitrogens with one attached hydrogen (secondary N) is 2. The molecule has 0 aliphatic heterocycles. The van der Waals surface area contributed by atoms with Crippen LogP contribution in [0.4, 0.5) is 0 Å². The monoisotopic (exact) mass is 269 g/mol. The second-order valence-corrected chi connectivity index (χ2v) is 5.49. The lowest BCUT2D eigenvalue weighted by Gasteiger charge is -2.11. The fraction of sp³-hybridized carbons (Fsp3) is 0.273. The first kappa shape index (κ1) is 12.1. The Labute approximate surface area is 108 Å². The largest absolute Gasteiger partial charge is 0.345 e. The number of amides is 1. The minimum atomic E-state index is -0.131. The molecule has 0 saturated carbocycles. The zero-order chi connectivity index (χ0) is 12.4. The van der Waals surface area contributed by atoms with Gasteiger partial charge in [0.05, 0.1) is 22.1 Å². The third kappa shape index (κ3) is 2.68. The van der Waals surface area contributed by atoms with E-state index in [-0.39, 0.29) is 11.9 Å². The molecular weight excluding hydrogens is 258 g/mol. The van der Waals surface area contributed by atoms with Gasteiger partial charge in [0.25, 0.3) is 5.91 Å². The summed E-state index contributed by atoms with van der Waals surface area (Å²) in [6.45, 7) is 3.74. The first-order valence-electron chi connectivity index (χ1n) is 5.14. The molecule has 2 aromatic heterocycles. The predicted molar refractivity (Wildman–Crippen MR) is 68.5 cm³/mol. The highest BCUT2D eigenvalue weighted by Crippen LogP contribution is 2.26. The minimum absolute atomic E-state index is 0.0608. The third-order valence-corrected chi connectivity index (χ3v) is 3.86. The summed E-state index contributed by atoms with van der Waals surface area (Å²) in [5.41, 5.74) is 1.33. The molecular formula is C11H12ClN3OS. The van der Waals surface area contributed by atoms with E-state index in [4.69, 9.17) is 11.6 Å². The van der Waals surface area contributed by atoms with Gasteiger partial charge < -0.3 is 5.32 Å². The van der Waals surface area contributed by atoms with E-state index in [1.165, 1.54) is 17.5 Å². The maximum Gasteiger partial charge on any atom is 0.255 e. The first-order valence-corrected chi connectivity index (χ1v) is 6.33. The van der Waals surface area contributed by atoms with Crippen LogP contribution in [-0.4, -0.2) is 16.1 Å². The third-order valence-electron chi connectivity index (χ3n) is 2.44. The van der Waals surface area contributed by atoms with Gasteiger partial charge in [-0.1, -0.05) is 11.6 Å². The van der Waals surface area contributed by atoms with Crippen molar-refractivity contribution in [3.05, 3.63) is 38.8 Å². The average Bonchev–Trinajstić information content (AvgIpc) is 2.86. The quantitative estimate of drug-likeness (QED) is 0.900. The Balaban J connectivity index is 2.07. The van der Waals surface area contributed by atoms with Crippen molar-refractivity contribution in [3.63, 3.8) is 0 Å². The van der Waals surface area contributed by atoms with Gasteiger partial charge in [-0.2, -0.15) is 5.10 Å².